The van der Waals surface area contributed by atoms with E-state index in [9.17, 15) is 9.59 Å². The van der Waals surface area contributed by atoms with E-state index in [1.165, 1.54) is 11.8 Å². The van der Waals surface area contributed by atoms with Crippen molar-refractivity contribution in [3.63, 3.8) is 0 Å². The fourth-order valence-electron chi connectivity index (χ4n) is 2.79. The number of rotatable bonds is 4. The van der Waals surface area contributed by atoms with Gasteiger partial charge in [-0.25, -0.2) is 4.79 Å². The predicted octanol–water partition coefficient (Wildman–Crippen LogP) is 2.75. The van der Waals surface area contributed by atoms with E-state index in [0.29, 0.717) is 38.5 Å². The number of nitrogens with one attached hydrogen (secondary N) is 1. The first-order valence-electron chi connectivity index (χ1n) is 8.23. The summed E-state index contributed by atoms with van der Waals surface area (Å²) in [5, 5.41) is 2.94. The molecular formula is C18H20BrN3O3. The highest BCUT2D eigenvalue weighted by molar-refractivity contribution is 9.10. The summed E-state index contributed by atoms with van der Waals surface area (Å²) in [6.07, 6.45) is 2.27. The number of carbonyl (C=O) groups excluding carboxylic acids is 2. The van der Waals surface area contributed by atoms with Gasteiger partial charge in [0.1, 0.15) is 0 Å². The molecule has 2 aromatic rings. The zero-order valence-corrected chi connectivity index (χ0v) is 15.4. The van der Waals surface area contributed by atoms with E-state index in [1.54, 1.807) is 21.9 Å². The third-order valence-corrected chi connectivity index (χ3v) is 4.66. The summed E-state index contributed by atoms with van der Waals surface area (Å²) in [7, 11) is 0. The Morgan fingerprint density at radius 1 is 1.08 bits per heavy atom. The third kappa shape index (κ3) is 4.63. The normalized spacial score (nSPS) is 14.4. The molecule has 0 spiro atoms. The number of piperazine rings is 1. The smallest absolute Gasteiger partial charge is 0.317 e. The summed E-state index contributed by atoms with van der Waals surface area (Å²) >= 11 is 3.44. The van der Waals surface area contributed by atoms with Crippen LogP contribution in [0.15, 0.2) is 51.6 Å². The first kappa shape index (κ1) is 17.5. The number of hydrogen-bond acceptors (Lipinski definition) is 3. The van der Waals surface area contributed by atoms with Crippen molar-refractivity contribution in [1.82, 2.24) is 15.1 Å². The zero-order valence-electron chi connectivity index (χ0n) is 13.8. The SMILES string of the molecule is O=C(NCCc1cccc(Br)c1)N1CCN(C(=O)c2ccco2)CC1. The lowest BCUT2D eigenvalue weighted by atomic mass is 10.1. The van der Waals surface area contributed by atoms with E-state index in [2.05, 4.69) is 21.2 Å². The molecule has 1 aliphatic rings. The minimum Gasteiger partial charge on any atom is -0.459 e. The standard InChI is InChI=1S/C18H20BrN3O3/c19-15-4-1-3-14(13-15)6-7-20-18(24)22-10-8-21(9-11-22)17(23)16-5-2-12-25-16/h1-5,12-13H,6-11H2,(H,20,24). The number of amides is 3. The van der Waals surface area contributed by atoms with Crippen LogP contribution >= 0.6 is 15.9 Å². The van der Waals surface area contributed by atoms with Crippen LogP contribution in [0.4, 0.5) is 4.79 Å². The molecule has 7 heteroatoms. The van der Waals surface area contributed by atoms with Gasteiger partial charge in [-0.3, -0.25) is 4.79 Å². The molecule has 0 unspecified atom stereocenters. The Balaban J connectivity index is 1.41. The van der Waals surface area contributed by atoms with Crippen LogP contribution in [0.5, 0.6) is 0 Å². The Bertz CT molecular complexity index is 725. The molecule has 6 nitrogen and oxygen atoms in total. The van der Waals surface area contributed by atoms with Crippen LogP contribution in [0.3, 0.4) is 0 Å². The van der Waals surface area contributed by atoms with Crippen LogP contribution in [0, 0.1) is 0 Å². The van der Waals surface area contributed by atoms with Gasteiger partial charge in [-0.2, -0.15) is 0 Å². The number of halogens is 1. The largest absolute Gasteiger partial charge is 0.459 e. The first-order valence-corrected chi connectivity index (χ1v) is 9.03. The topological polar surface area (TPSA) is 65.8 Å². The predicted molar refractivity (Wildman–Crippen MR) is 97.4 cm³/mol. The quantitative estimate of drug-likeness (QED) is 0.850. The minimum absolute atomic E-state index is 0.0832. The molecule has 3 rings (SSSR count). The van der Waals surface area contributed by atoms with Gasteiger partial charge in [-0.1, -0.05) is 28.1 Å². The van der Waals surface area contributed by atoms with E-state index >= 15 is 0 Å². The maximum atomic E-state index is 12.2. The second-order valence-corrected chi connectivity index (χ2v) is 6.78. The summed E-state index contributed by atoms with van der Waals surface area (Å²) in [5.41, 5.74) is 1.17. The maximum absolute atomic E-state index is 12.2. The summed E-state index contributed by atoms with van der Waals surface area (Å²) in [4.78, 5) is 27.9. The van der Waals surface area contributed by atoms with Crippen LogP contribution in [-0.2, 0) is 6.42 Å². The van der Waals surface area contributed by atoms with E-state index in [0.717, 1.165) is 10.9 Å². The van der Waals surface area contributed by atoms with Crippen molar-refractivity contribution in [3.8, 4) is 0 Å². The van der Waals surface area contributed by atoms with Gasteiger partial charge in [0.2, 0.25) is 0 Å². The van der Waals surface area contributed by atoms with Gasteiger partial charge in [-0.05, 0) is 36.2 Å². The van der Waals surface area contributed by atoms with Crippen molar-refractivity contribution in [3.05, 3.63) is 58.5 Å². The molecular weight excluding hydrogens is 386 g/mol. The molecule has 0 atom stereocenters. The fourth-order valence-corrected chi connectivity index (χ4v) is 3.23. The molecule has 2 heterocycles. The highest BCUT2D eigenvalue weighted by Crippen LogP contribution is 2.12. The molecule has 1 N–H and O–H groups in total. The fraction of sp³-hybridized carbons (Fsp3) is 0.333. The van der Waals surface area contributed by atoms with Crippen molar-refractivity contribution < 1.29 is 14.0 Å². The Morgan fingerprint density at radius 3 is 2.52 bits per heavy atom. The van der Waals surface area contributed by atoms with Gasteiger partial charge in [0.05, 0.1) is 6.26 Å². The van der Waals surface area contributed by atoms with Crippen LogP contribution in [0.1, 0.15) is 16.1 Å². The molecule has 1 aliphatic heterocycles. The summed E-state index contributed by atoms with van der Waals surface area (Å²) < 4.78 is 6.17. The highest BCUT2D eigenvalue weighted by Gasteiger charge is 2.25. The lowest BCUT2D eigenvalue weighted by Gasteiger charge is -2.34. The Hall–Kier alpha value is -2.28. The van der Waals surface area contributed by atoms with Gasteiger partial charge < -0.3 is 19.5 Å². The molecule has 0 radical (unpaired) electrons. The highest BCUT2D eigenvalue weighted by atomic mass is 79.9. The maximum Gasteiger partial charge on any atom is 0.317 e. The number of furan rings is 1. The molecule has 0 bridgehead atoms. The lowest BCUT2D eigenvalue weighted by Crippen LogP contribution is -2.53. The molecule has 0 saturated carbocycles. The first-order chi connectivity index (χ1) is 12.1. The molecule has 25 heavy (non-hydrogen) atoms. The molecule has 1 fully saturated rings. The van der Waals surface area contributed by atoms with E-state index in [1.807, 2.05) is 24.3 Å². The van der Waals surface area contributed by atoms with Crippen molar-refractivity contribution in [2.24, 2.45) is 0 Å². The molecule has 3 amide bonds. The van der Waals surface area contributed by atoms with E-state index in [4.69, 9.17) is 4.42 Å². The van der Waals surface area contributed by atoms with Crippen molar-refractivity contribution in [2.75, 3.05) is 32.7 Å². The molecule has 1 saturated heterocycles. The van der Waals surface area contributed by atoms with Crippen molar-refractivity contribution in [1.29, 1.82) is 0 Å². The van der Waals surface area contributed by atoms with Gasteiger partial charge in [0, 0.05) is 37.2 Å². The lowest BCUT2D eigenvalue weighted by molar-refractivity contribution is 0.0634. The summed E-state index contributed by atoms with van der Waals surface area (Å²) in [5.74, 6) is 0.214. The van der Waals surface area contributed by atoms with Gasteiger partial charge in [0.15, 0.2) is 5.76 Å². The molecule has 132 valence electrons. The van der Waals surface area contributed by atoms with Gasteiger partial charge in [-0.15, -0.1) is 0 Å². The minimum atomic E-state index is -0.125. The van der Waals surface area contributed by atoms with Crippen molar-refractivity contribution in [2.45, 2.75) is 6.42 Å². The van der Waals surface area contributed by atoms with Gasteiger partial charge >= 0.3 is 6.03 Å². The average Bonchev–Trinajstić information content (AvgIpc) is 3.16. The monoisotopic (exact) mass is 405 g/mol. The Kier molecular flexibility index (Phi) is 5.75. The van der Waals surface area contributed by atoms with Crippen molar-refractivity contribution >= 4 is 27.9 Å². The van der Waals surface area contributed by atoms with Crippen LogP contribution in [0.2, 0.25) is 0 Å². The second-order valence-electron chi connectivity index (χ2n) is 5.87. The van der Waals surface area contributed by atoms with E-state index < -0.39 is 0 Å². The number of carbonyl (C=O) groups is 2. The van der Waals surface area contributed by atoms with Crippen LogP contribution in [0.25, 0.3) is 0 Å². The summed E-state index contributed by atoms with van der Waals surface area (Å²) in [6.45, 7) is 2.66. The molecule has 0 aliphatic carbocycles. The Labute approximate surface area is 154 Å². The summed E-state index contributed by atoms with van der Waals surface area (Å²) in [6, 6.07) is 11.3. The number of hydrogen-bond donors (Lipinski definition) is 1. The zero-order chi connectivity index (χ0) is 17.6. The van der Waals surface area contributed by atoms with Crippen LogP contribution < -0.4 is 5.32 Å². The number of urea groups is 1. The second kappa shape index (κ2) is 8.20. The molecule has 1 aromatic carbocycles. The average molecular weight is 406 g/mol. The van der Waals surface area contributed by atoms with Crippen LogP contribution in [-0.4, -0.2) is 54.5 Å². The number of nitrogens with zero attached hydrogens (tertiary/aromatic N) is 2. The Morgan fingerprint density at radius 2 is 1.84 bits per heavy atom. The molecule has 1 aromatic heterocycles. The van der Waals surface area contributed by atoms with E-state index in [-0.39, 0.29) is 11.9 Å². The third-order valence-electron chi connectivity index (χ3n) is 4.16. The number of benzene rings is 1. The van der Waals surface area contributed by atoms with Gasteiger partial charge in [0.25, 0.3) is 5.91 Å².